The molecule has 1 aromatic heterocycles. The van der Waals surface area contributed by atoms with Gasteiger partial charge >= 0.3 is 6.18 Å². The van der Waals surface area contributed by atoms with Crippen LogP contribution in [0.25, 0.3) is 0 Å². The summed E-state index contributed by atoms with van der Waals surface area (Å²) in [6.45, 7) is 0. The Bertz CT molecular complexity index is 815. The van der Waals surface area contributed by atoms with E-state index in [1.165, 1.54) is 18.2 Å². The molecule has 1 heterocycles. The number of nitriles is 1. The maximum atomic E-state index is 12.6. The van der Waals surface area contributed by atoms with Gasteiger partial charge < -0.3 is 9.88 Å². The number of amides is 1. The number of rotatable bonds is 4. The molecule has 11 heteroatoms. The average molecular weight is 376 g/mol. The average Bonchev–Trinajstić information content (AvgIpc) is 2.86. The molecule has 1 amide bonds. The van der Waals surface area contributed by atoms with Gasteiger partial charge in [0, 0.05) is 12.1 Å². The van der Waals surface area contributed by atoms with Crippen LogP contribution in [0.15, 0.2) is 23.4 Å². The fourth-order valence-corrected chi connectivity index (χ4v) is 2.60. The van der Waals surface area contributed by atoms with Crippen molar-refractivity contribution in [1.29, 1.82) is 5.26 Å². The first-order valence-corrected chi connectivity index (χ1v) is 7.67. The lowest BCUT2D eigenvalue weighted by Gasteiger charge is -2.08. The van der Waals surface area contributed by atoms with E-state index in [0.717, 1.165) is 23.4 Å². The zero-order valence-electron chi connectivity index (χ0n) is 12.1. The normalized spacial score (nSPS) is 11.2. The number of carbonyl (C=O) groups is 1. The first-order valence-electron chi connectivity index (χ1n) is 6.31. The number of nitrogens with one attached hydrogen (secondary N) is 1. The highest BCUT2D eigenvalue weighted by Gasteiger charge is 2.37. The largest absolute Gasteiger partial charge is 0.451 e. The molecule has 2 rings (SSSR count). The first kappa shape index (κ1) is 18.1. The first-order chi connectivity index (χ1) is 11.2. The van der Waals surface area contributed by atoms with E-state index in [2.05, 4.69) is 15.5 Å². The van der Waals surface area contributed by atoms with Gasteiger partial charge in [0.1, 0.15) is 6.07 Å². The zero-order valence-corrected chi connectivity index (χ0v) is 13.6. The maximum absolute atomic E-state index is 12.6. The third kappa shape index (κ3) is 4.18. The van der Waals surface area contributed by atoms with E-state index in [0.29, 0.717) is 5.02 Å². The second kappa shape index (κ2) is 7.11. The molecule has 0 aliphatic rings. The molecule has 0 unspecified atom stereocenters. The summed E-state index contributed by atoms with van der Waals surface area (Å²) >= 11 is 6.59. The molecule has 0 aliphatic heterocycles. The minimum Gasteiger partial charge on any atom is -0.324 e. The quantitative estimate of drug-likeness (QED) is 0.830. The Morgan fingerprint density at radius 2 is 2.17 bits per heavy atom. The van der Waals surface area contributed by atoms with Gasteiger partial charge in [-0.3, -0.25) is 4.79 Å². The molecular weight excluding hydrogens is 367 g/mol. The SMILES string of the molecule is Cn1c(SCC(=O)Nc2cc(Cl)ccc2C#N)nnc1C(F)(F)F. The molecule has 0 saturated heterocycles. The Morgan fingerprint density at radius 1 is 1.46 bits per heavy atom. The number of aromatic nitrogens is 3. The molecule has 1 N–H and O–H groups in total. The van der Waals surface area contributed by atoms with Crippen molar-refractivity contribution in [3.63, 3.8) is 0 Å². The lowest BCUT2D eigenvalue weighted by molar-refractivity contribution is -0.147. The van der Waals surface area contributed by atoms with Crippen LogP contribution in [0.4, 0.5) is 18.9 Å². The molecule has 0 fully saturated rings. The van der Waals surface area contributed by atoms with Crippen molar-refractivity contribution >= 4 is 35.0 Å². The number of hydrogen-bond acceptors (Lipinski definition) is 5. The fraction of sp³-hybridized carbons (Fsp3) is 0.231. The molecule has 6 nitrogen and oxygen atoms in total. The molecule has 0 bridgehead atoms. The molecule has 0 aliphatic carbocycles. The summed E-state index contributed by atoms with van der Waals surface area (Å²) in [5.41, 5.74) is 0.445. The summed E-state index contributed by atoms with van der Waals surface area (Å²) in [5, 5.41) is 18.2. The summed E-state index contributed by atoms with van der Waals surface area (Å²) in [7, 11) is 1.16. The third-order valence-corrected chi connectivity index (χ3v) is 4.05. The van der Waals surface area contributed by atoms with E-state index in [9.17, 15) is 18.0 Å². The van der Waals surface area contributed by atoms with Gasteiger partial charge in [-0.1, -0.05) is 23.4 Å². The van der Waals surface area contributed by atoms with Crippen LogP contribution in [0.3, 0.4) is 0 Å². The molecule has 0 atom stereocenters. The van der Waals surface area contributed by atoms with Crippen molar-refractivity contribution in [3.8, 4) is 6.07 Å². The van der Waals surface area contributed by atoms with E-state index < -0.39 is 17.9 Å². The van der Waals surface area contributed by atoms with Crippen LogP contribution >= 0.6 is 23.4 Å². The number of nitrogens with zero attached hydrogens (tertiary/aromatic N) is 4. The van der Waals surface area contributed by atoms with E-state index in [4.69, 9.17) is 16.9 Å². The summed E-state index contributed by atoms with van der Waals surface area (Å²) in [4.78, 5) is 11.9. The van der Waals surface area contributed by atoms with E-state index in [1.807, 2.05) is 6.07 Å². The molecular formula is C13H9ClF3N5OS. The van der Waals surface area contributed by atoms with Crippen LogP contribution in [0.5, 0.6) is 0 Å². The van der Waals surface area contributed by atoms with Crippen LogP contribution in [0, 0.1) is 11.3 Å². The Balaban J connectivity index is 2.04. The minimum atomic E-state index is -4.62. The highest BCUT2D eigenvalue weighted by Crippen LogP contribution is 2.29. The summed E-state index contributed by atoms with van der Waals surface area (Å²) in [6, 6.07) is 6.26. The smallest absolute Gasteiger partial charge is 0.324 e. The van der Waals surface area contributed by atoms with Gasteiger partial charge in [-0.15, -0.1) is 10.2 Å². The van der Waals surface area contributed by atoms with Crippen molar-refractivity contribution in [3.05, 3.63) is 34.6 Å². The van der Waals surface area contributed by atoms with Crippen molar-refractivity contribution in [2.75, 3.05) is 11.1 Å². The van der Waals surface area contributed by atoms with Crippen molar-refractivity contribution in [2.24, 2.45) is 7.05 Å². The predicted octanol–water partition coefficient (Wildman–Crippen LogP) is 3.09. The monoisotopic (exact) mass is 375 g/mol. The van der Waals surface area contributed by atoms with Crippen molar-refractivity contribution in [1.82, 2.24) is 14.8 Å². The highest BCUT2D eigenvalue weighted by molar-refractivity contribution is 7.99. The van der Waals surface area contributed by atoms with Gasteiger partial charge in [-0.05, 0) is 18.2 Å². The zero-order chi connectivity index (χ0) is 17.9. The maximum Gasteiger partial charge on any atom is 0.451 e. The number of benzene rings is 1. The second-order valence-corrected chi connectivity index (χ2v) is 5.88. The number of halogens is 4. The summed E-state index contributed by atoms with van der Waals surface area (Å²) in [5.74, 6) is -1.87. The third-order valence-electron chi connectivity index (χ3n) is 2.80. The van der Waals surface area contributed by atoms with E-state index >= 15 is 0 Å². The molecule has 0 spiro atoms. The Morgan fingerprint density at radius 3 is 2.75 bits per heavy atom. The Labute approximate surface area is 143 Å². The van der Waals surface area contributed by atoms with Gasteiger partial charge in [0.2, 0.25) is 11.7 Å². The lowest BCUT2D eigenvalue weighted by atomic mass is 10.2. The van der Waals surface area contributed by atoms with Gasteiger partial charge in [-0.25, -0.2) is 0 Å². The highest BCUT2D eigenvalue weighted by atomic mass is 35.5. The molecule has 0 saturated carbocycles. The molecule has 1 aromatic carbocycles. The predicted molar refractivity (Wildman–Crippen MR) is 81.5 cm³/mol. The van der Waals surface area contributed by atoms with Gasteiger partial charge in [-0.2, -0.15) is 18.4 Å². The molecule has 126 valence electrons. The number of carbonyl (C=O) groups excluding carboxylic acids is 1. The summed E-state index contributed by atoms with van der Waals surface area (Å²) < 4.78 is 38.6. The molecule has 0 radical (unpaired) electrons. The van der Waals surface area contributed by atoms with Gasteiger partial charge in [0.25, 0.3) is 0 Å². The summed E-state index contributed by atoms with van der Waals surface area (Å²) in [6.07, 6.45) is -4.62. The van der Waals surface area contributed by atoms with Crippen LogP contribution in [-0.2, 0) is 18.0 Å². The standard InChI is InChI=1S/C13H9ClF3N5OS/c1-22-11(13(15,16)17)20-21-12(22)24-6-10(23)19-9-4-8(14)3-2-7(9)5-18/h2-4H,6H2,1H3,(H,19,23). The second-order valence-electron chi connectivity index (χ2n) is 4.50. The number of hydrogen-bond donors (Lipinski definition) is 1. The van der Waals surface area contributed by atoms with E-state index in [-0.39, 0.29) is 22.2 Å². The van der Waals surface area contributed by atoms with Crippen molar-refractivity contribution in [2.45, 2.75) is 11.3 Å². The number of thioether (sulfide) groups is 1. The van der Waals surface area contributed by atoms with E-state index in [1.54, 1.807) is 0 Å². The topological polar surface area (TPSA) is 83.6 Å². The Hall–Kier alpha value is -2.25. The molecule has 24 heavy (non-hydrogen) atoms. The van der Waals surface area contributed by atoms with Crippen LogP contribution in [0.1, 0.15) is 11.4 Å². The van der Waals surface area contributed by atoms with Crippen molar-refractivity contribution < 1.29 is 18.0 Å². The fourth-order valence-electron chi connectivity index (χ4n) is 1.72. The lowest BCUT2D eigenvalue weighted by Crippen LogP contribution is -2.16. The van der Waals surface area contributed by atoms with Gasteiger partial charge in [0.05, 0.1) is 17.0 Å². The Kier molecular flexibility index (Phi) is 5.36. The number of anilines is 1. The molecule has 2 aromatic rings. The van der Waals surface area contributed by atoms with Gasteiger partial charge in [0.15, 0.2) is 5.16 Å². The minimum absolute atomic E-state index is 0.0518. The number of alkyl halides is 3. The van der Waals surface area contributed by atoms with Crippen LogP contribution in [-0.4, -0.2) is 26.4 Å². The van der Waals surface area contributed by atoms with Crippen LogP contribution < -0.4 is 5.32 Å². The van der Waals surface area contributed by atoms with Crippen LogP contribution in [0.2, 0.25) is 5.02 Å².